The first-order valence-electron chi connectivity index (χ1n) is 14.1. The summed E-state index contributed by atoms with van der Waals surface area (Å²) in [4.78, 5) is 34.7. The van der Waals surface area contributed by atoms with E-state index in [0.717, 1.165) is 68.8 Å². The SMILES string of the molecule is Cc1ccc(CN=C(/N=C(\N=C\N)OCC(F)(F)F)Nc2ccc(C(=O)NCCCCCCCCCNC=O)cc2)cc1. The van der Waals surface area contributed by atoms with Gasteiger partial charge >= 0.3 is 12.2 Å². The van der Waals surface area contributed by atoms with Crippen molar-refractivity contribution >= 4 is 36.3 Å². The lowest BCUT2D eigenvalue weighted by Crippen LogP contribution is -2.24. The van der Waals surface area contributed by atoms with Crippen molar-refractivity contribution in [3.8, 4) is 0 Å². The maximum atomic E-state index is 12.7. The maximum Gasteiger partial charge on any atom is 0.422 e. The van der Waals surface area contributed by atoms with Gasteiger partial charge in [0.25, 0.3) is 5.91 Å². The van der Waals surface area contributed by atoms with Crippen LogP contribution in [-0.2, 0) is 16.1 Å². The van der Waals surface area contributed by atoms with Crippen LogP contribution in [0.3, 0.4) is 0 Å². The number of halogens is 3. The fourth-order valence-corrected chi connectivity index (χ4v) is 3.79. The molecule has 0 fully saturated rings. The number of carbonyl (C=O) groups excluding carboxylic acids is 2. The highest BCUT2D eigenvalue weighted by atomic mass is 19.4. The molecule has 0 atom stereocenters. The Balaban J connectivity index is 1.95. The van der Waals surface area contributed by atoms with Crippen molar-refractivity contribution in [2.75, 3.05) is 25.0 Å². The summed E-state index contributed by atoms with van der Waals surface area (Å²) in [6, 6.07) is 13.5. The predicted octanol–water partition coefficient (Wildman–Crippen LogP) is 5.09. The molecule has 2 rings (SSSR count). The fourth-order valence-electron chi connectivity index (χ4n) is 3.79. The van der Waals surface area contributed by atoms with Crippen LogP contribution in [0.1, 0.15) is 66.4 Å². The fraction of sp³-hybridized carbons (Fsp3) is 0.433. The summed E-state index contributed by atoms with van der Waals surface area (Å²) in [6.45, 7) is 1.82. The van der Waals surface area contributed by atoms with Crippen molar-refractivity contribution in [1.82, 2.24) is 10.6 Å². The Morgan fingerprint density at radius 1 is 0.930 bits per heavy atom. The summed E-state index contributed by atoms with van der Waals surface area (Å²) in [5.74, 6) is -0.265. The average Bonchev–Trinajstić information content (AvgIpc) is 2.98. The van der Waals surface area contributed by atoms with E-state index in [1.54, 1.807) is 24.3 Å². The summed E-state index contributed by atoms with van der Waals surface area (Å²) < 4.78 is 42.8. The zero-order valence-corrected chi connectivity index (χ0v) is 24.3. The first-order chi connectivity index (χ1) is 20.7. The van der Waals surface area contributed by atoms with E-state index < -0.39 is 18.8 Å². The molecule has 0 heterocycles. The number of alkyl halides is 3. The number of carbonyl (C=O) groups is 2. The lowest BCUT2D eigenvalue weighted by molar-refractivity contribution is -0.156. The molecule has 0 unspecified atom stereocenters. The molecular weight excluding hydrogens is 563 g/mol. The van der Waals surface area contributed by atoms with Crippen molar-refractivity contribution in [2.45, 2.75) is 64.6 Å². The molecule has 2 aromatic rings. The monoisotopic (exact) mass is 603 g/mol. The van der Waals surface area contributed by atoms with Gasteiger partial charge in [0.05, 0.1) is 12.9 Å². The van der Waals surface area contributed by atoms with E-state index in [-0.39, 0.29) is 18.4 Å². The highest BCUT2D eigenvalue weighted by molar-refractivity contribution is 6.02. The molecule has 234 valence electrons. The third kappa shape index (κ3) is 16.0. The van der Waals surface area contributed by atoms with Crippen molar-refractivity contribution in [2.24, 2.45) is 20.7 Å². The molecule has 43 heavy (non-hydrogen) atoms. The van der Waals surface area contributed by atoms with Crippen LogP contribution in [0.2, 0.25) is 0 Å². The van der Waals surface area contributed by atoms with Gasteiger partial charge in [-0.05, 0) is 49.6 Å². The molecule has 13 heteroatoms. The molecule has 0 aromatic heterocycles. The minimum atomic E-state index is -4.59. The van der Waals surface area contributed by atoms with E-state index in [1.807, 2.05) is 31.2 Å². The number of nitrogens with one attached hydrogen (secondary N) is 3. The van der Waals surface area contributed by atoms with Crippen LogP contribution in [-0.4, -0.2) is 56.5 Å². The van der Waals surface area contributed by atoms with Crippen LogP contribution in [0.4, 0.5) is 18.9 Å². The van der Waals surface area contributed by atoms with Crippen molar-refractivity contribution in [1.29, 1.82) is 0 Å². The van der Waals surface area contributed by atoms with Gasteiger partial charge in [-0.25, -0.2) is 4.99 Å². The molecule has 2 aromatic carbocycles. The number of unbranched alkanes of at least 4 members (excludes halogenated alkanes) is 6. The van der Waals surface area contributed by atoms with Gasteiger partial charge in [-0.3, -0.25) is 9.59 Å². The van der Waals surface area contributed by atoms with Crippen molar-refractivity contribution in [3.63, 3.8) is 0 Å². The molecule has 0 aliphatic rings. The lowest BCUT2D eigenvalue weighted by Gasteiger charge is -2.11. The molecular formula is C30H40F3N7O3. The van der Waals surface area contributed by atoms with Crippen LogP contribution in [0, 0.1) is 6.92 Å². The number of aryl methyl sites for hydroxylation is 1. The largest absolute Gasteiger partial charge is 0.454 e. The number of anilines is 1. The zero-order valence-electron chi connectivity index (χ0n) is 24.3. The number of nitrogens with zero attached hydrogens (tertiary/aromatic N) is 3. The second kappa shape index (κ2) is 19.7. The number of hydrogen-bond donors (Lipinski definition) is 4. The Bertz CT molecular complexity index is 1200. The van der Waals surface area contributed by atoms with E-state index in [0.29, 0.717) is 24.3 Å². The van der Waals surface area contributed by atoms with Gasteiger partial charge < -0.3 is 26.4 Å². The molecule has 5 N–H and O–H groups in total. The Hall–Kier alpha value is -4.42. The Morgan fingerprint density at radius 3 is 2.16 bits per heavy atom. The summed E-state index contributed by atoms with van der Waals surface area (Å²) in [7, 11) is 0. The number of hydrogen-bond acceptors (Lipinski definition) is 4. The van der Waals surface area contributed by atoms with Gasteiger partial charge in [0.2, 0.25) is 12.4 Å². The maximum absolute atomic E-state index is 12.7. The van der Waals surface area contributed by atoms with Gasteiger partial charge in [0.1, 0.15) is 0 Å². The molecule has 0 spiro atoms. The van der Waals surface area contributed by atoms with Crippen LogP contribution < -0.4 is 21.7 Å². The summed E-state index contributed by atoms with van der Waals surface area (Å²) >= 11 is 0. The number of amides is 2. The third-order valence-electron chi connectivity index (χ3n) is 6.05. The van der Waals surface area contributed by atoms with Gasteiger partial charge in [0, 0.05) is 24.3 Å². The topological polar surface area (TPSA) is 143 Å². The number of amidine groups is 1. The average molecular weight is 604 g/mol. The minimum absolute atomic E-state index is 0.0572. The highest BCUT2D eigenvalue weighted by Gasteiger charge is 2.29. The Kier molecular flexibility index (Phi) is 15.9. The molecule has 0 saturated carbocycles. The summed E-state index contributed by atoms with van der Waals surface area (Å²) in [5.41, 5.74) is 8.15. The molecule has 0 aliphatic carbocycles. The number of aliphatic imine (C=N–C) groups is 3. The summed E-state index contributed by atoms with van der Waals surface area (Å²) in [5, 5.41) is 8.50. The Labute approximate surface area is 250 Å². The van der Waals surface area contributed by atoms with Crippen LogP contribution in [0.5, 0.6) is 0 Å². The number of ether oxygens (including phenoxy) is 1. The van der Waals surface area contributed by atoms with Crippen LogP contribution >= 0.6 is 0 Å². The number of guanidine groups is 1. The number of nitrogens with two attached hydrogens (primary N) is 1. The number of rotatable bonds is 16. The van der Waals surface area contributed by atoms with Gasteiger partial charge in [-0.15, -0.1) is 0 Å². The predicted molar refractivity (Wildman–Crippen MR) is 163 cm³/mol. The van der Waals surface area contributed by atoms with E-state index in [4.69, 9.17) is 5.73 Å². The molecule has 0 saturated heterocycles. The van der Waals surface area contributed by atoms with E-state index >= 15 is 0 Å². The van der Waals surface area contributed by atoms with E-state index in [9.17, 15) is 22.8 Å². The smallest absolute Gasteiger partial charge is 0.422 e. The van der Waals surface area contributed by atoms with Gasteiger partial charge in [0.15, 0.2) is 6.61 Å². The number of benzene rings is 2. The molecule has 0 radical (unpaired) electrons. The first kappa shape index (κ1) is 34.8. The molecule has 10 nitrogen and oxygen atoms in total. The normalized spacial score (nSPS) is 12.3. The summed E-state index contributed by atoms with van der Waals surface area (Å²) in [6.07, 6.45) is 4.20. The molecule has 2 amide bonds. The second-order valence-electron chi connectivity index (χ2n) is 9.71. The van der Waals surface area contributed by atoms with Gasteiger partial charge in [-0.2, -0.15) is 23.2 Å². The van der Waals surface area contributed by atoms with Crippen molar-refractivity contribution < 1.29 is 27.5 Å². The van der Waals surface area contributed by atoms with Gasteiger partial charge in [-0.1, -0.05) is 61.9 Å². The highest BCUT2D eigenvalue weighted by Crippen LogP contribution is 2.16. The molecule has 0 bridgehead atoms. The quantitative estimate of drug-likeness (QED) is 0.0915. The van der Waals surface area contributed by atoms with Crippen LogP contribution in [0.25, 0.3) is 0 Å². The zero-order chi connectivity index (χ0) is 31.3. The van der Waals surface area contributed by atoms with Crippen molar-refractivity contribution in [3.05, 3.63) is 65.2 Å². The standard InChI is InChI=1S/C30H40F3N7O3/c1-23-9-11-24(12-10-23)19-37-28(40-29(38-21-34)43-20-30(31,32)33)39-26-15-13-25(14-16-26)27(42)36-18-8-6-4-2-3-5-7-17-35-22-41/h9-16,21-22H,2-8,17-20H2,1H3,(H,35,41)(H,36,42)(H3,34,37,38,39,40). The Morgan fingerprint density at radius 2 is 1.56 bits per heavy atom. The van der Waals surface area contributed by atoms with E-state index in [2.05, 4.69) is 35.7 Å². The molecule has 0 aliphatic heterocycles. The van der Waals surface area contributed by atoms with Crippen LogP contribution in [0.15, 0.2) is 63.5 Å². The second-order valence-corrected chi connectivity index (χ2v) is 9.71. The third-order valence-corrected chi connectivity index (χ3v) is 6.05. The first-order valence-corrected chi connectivity index (χ1v) is 14.1. The lowest BCUT2D eigenvalue weighted by atomic mass is 10.1. The van der Waals surface area contributed by atoms with E-state index in [1.165, 1.54) is 0 Å². The minimum Gasteiger partial charge on any atom is -0.454 e.